The standard InChI is InChI=1S/C27H23N7O2/c1-33-14-13-30-27(33)24-20-5-3-4-6-21(20)26(28)34(32-24)17-7-9-18(10-8-17)36-23-11-12-29-22-15-19(35-2)16-31-25(22)23/h3-16,26H,28H2,1-2H3. The lowest BCUT2D eigenvalue weighted by molar-refractivity contribution is 0.413. The van der Waals surface area contributed by atoms with Crippen LogP contribution in [-0.4, -0.2) is 32.3 Å². The Balaban J connectivity index is 1.33. The zero-order valence-electron chi connectivity index (χ0n) is 19.7. The molecule has 178 valence electrons. The summed E-state index contributed by atoms with van der Waals surface area (Å²) in [5.41, 5.74) is 11.6. The number of hydrogen-bond acceptors (Lipinski definition) is 8. The summed E-state index contributed by atoms with van der Waals surface area (Å²) in [7, 11) is 3.55. The number of aromatic nitrogens is 4. The third kappa shape index (κ3) is 3.71. The molecule has 2 aromatic carbocycles. The van der Waals surface area contributed by atoms with E-state index >= 15 is 0 Å². The fraction of sp³-hybridized carbons (Fsp3) is 0.111. The molecule has 1 aliphatic rings. The molecule has 36 heavy (non-hydrogen) atoms. The summed E-state index contributed by atoms with van der Waals surface area (Å²) in [5.74, 6) is 2.67. The Morgan fingerprint density at radius 2 is 1.75 bits per heavy atom. The van der Waals surface area contributed by atoms with Crippen molar-refractivity contribution in [2.75, 3.05) is 12.1 Å². The summed E-state index contributed by atoms with van der Waals surface area (Å²) < 4.78 is 13.3. The van der Waals surface area contributed by atoms with E-state index in [9.17, 15) is 0 Å². The zero-order chi connectivity index (χ0) is 24.6. The molecule has 4 heterocycles. The number of nitrogens with two attached hydrogens (primary N) is 1. The number of methoxy groups -OCH3 is 1. The van der Waals surface area contributed by atoms with Crippen molar-refractivity contribution >= 4 is 22.4 Å². The van der Waals surface area contributed by atoms with Gasteiger partial charge in [0.1, 0.15) is 28.9 Å². The largest absolute Gasteiger partial charge is 0.495 e. The van der Waals surface area contributed by atoms with Gasteiger partial charge in [0.2, 0.25) is 0 Å². The number of imidazole rings is 1. The number of hydrazone groups is 1. The fourth-order valence-electron chi connectivity index (χ4n) is 4.28. The van der Waals surface area contributed by atoms with Gasteiger partial charge < -0.3 is 19.8 Å². The molecule has 0 spiro atoms. The monoisotopic (exact) mass is 477 g/mol. The third-order valence-electron chi connectivity index (χ3n) is 6.12. The van der Waals surface area contributed by atoms with Gasteiger partial charge in [-0.2, -0.15) is 5.10 Å². The van der Waals surface area contributed by atoms with Gasteiger partial charge in [-0.25, -0.2) is 15.0 Å². The highest BCUT2D eigenvalue weighted by Crippen LogP contribution is 2.34. The molecule has 0 saturated heterocycles. The molecule has 3 aromatic heterocycles. The number of hydrogen-bond donors (Lipinski definition) is 1. The molecule has 1 atom stereocenters. The van der Waals surface area contributed by atoms with Crippen molar-refractivity contribution in [2.45, 2.75) is 6.17 Å². The Kier molecular flexibility index (Phi) is 5.31. The van der Waals surface area contributed by atoms with Crippen LogP contribution < -0.4 is 20.2 Å². The molecule has 1 unspecified atom stereocenters. The molecule has 6 rings (SSSR count). The molecule has 2 N–H and O–H groups in total. The van der Waals surface area contributed by atoms with E-state index in [-0.39, 0.29) is 0 Å². The average Bonchev–Trinajstić information content (AvgIpc) is 3.35. The third-order valence-corrected chi connectivity index (χ3v) is 6.12. The predicted molar refractivity (Wildman–Crippen MR) is 137 cm³/mol. The summed E-state index contributed by atoms with van der Waals surface area (Å²) in [4.78, 5) is 13.3. The van der Waals surface area contributed by atoms with Crippen molar-refractivity contribution in [2.24, 2.45) is 17.9 Å². The van der Waals surface area contributed by atoms with Gasteiger partial charge in [-0.15, -0.1) is 0 Å². The molecule has 9 heteroatoms. The lowest BCUT2D eigenvalue weighted by Gasteiger charge is -2.33. The molecule has 5 aromatic rings. The highest BCUT2D eigenvalue weighted by Gasteiger charge is 2.29. The minimum Gasteiger partial charge on any atom is -0.495 e. The van der Waals surface area contributed by atoms with Crippen LogP contribution in [0.25, 0.3) is 11.0 Å². The molecule has 0 radical (unpaired) electrons. The maximum atomic E-state index is 6.66. The fourth-order valence-corrected chi connectivity index (χ4v) is 4.28. The van der Waals surface area contributed by atoms with Gasteiger partial charge in [-0.3, -0.25) is 4.98 Å². The van der Waals surface area contributed by atoms with Crippen molar-refractivity contribution in [3.05, 3.63) is 102 Å². The van der Waals surface area contributed by atoms with E-state index in [1.807, 2.05) is 77.4 Å². The highest BCUT2D eigenvalue weighted by atomic mass is 16.5. The Morgan fingerprint density at radius 1 is 0.917 bits per heavy atom. The average molecular weight is 478 g/mol. The molecule has 0 saturated carbocycles. The normalized spacial score (nSPS) is 14.9. The summed E-state index contributed by atoms with van der Waals surface area (Å²) in [6.45, 7) is 0. The lowest BCUT2D eigenvalue weighted by Crippen LogP contribution is -2.37. The smallest absolute Gasteiger partial charge is 0.160 e. The van der Waals surface area contributed by atoms with Gasteiger partial charge in [0.25, 0.3) is 0 Å². The maximum absolute atomic E-state index is 6.66. The van der Waals surface area contributed by atoms with Crippen LogP contribution in [-0.2, 0) is 7.05 Å². The highest BCUT2D eigenvalue weighted by molar-refractivity contribution is 6.13. The van der Waals surface area contributed by atoms with E-state index in [1.165, 1.54) is 0 Å². The molecular weight excluding hydrogens is 454 g/mol. The maximum Gasteiger partial charge on any atom is 0.160 e. The van der Waals surface area contributed by atoms with Crippen molar-refractivity contribution in [3.8, 4) is 17.2 Å². The van der Waals surface area contributed by atoms with Crippen molar-refractivity contribution in [1.82, 2.24) is 19.5 Å². The number of ether oxygens (including phenoxy) is 2. The first kappa shape index (κ1) is 21.8. The summed E-state index contributed by atoms with van der Waals surface area (Å²) in [5, 5.41) is 6.73. The van der Waals surface area contributed by atoms with Gasteiger partial charge in [-0.1, -0.05) is 24.3 Å². The lowest BCUT2D eigenvalue weighted by atomic mass is 9.98. The van der Waals surface area contributed by atoms with Crippen LogP contribution in [0.15, 0.2) is 90.6 Å². The van der Waals surface area contributed by atoms with Crippen LogP contribution in [0.5, 0.6) is 17.2 Å². The van der Waals surface area contributed by atoms with Crippen molar-refractivity contribution in [3.63, 3.8) is 0 Å². The van der Waals surface area contributed by atoms with Gasteiger partial charge >= 0.3 is 0 Å². The van der Waals surface area contributed by atoms with Crippen LogP contribution in [0.4, 0.5) is 5.69 Å². The van der Waals surface area contributed by atoms with Crippen LogP contribution >= 0.6 is 0 Å². The Labute approximate surface area is 207 Å². The quantitative estimate of drug-likeness (QED) is 0.400. The minimum atomic E-state index is -0.444. The van der Waals surface area contributed by atoms with Crippen molar-refractivity contribution in [1.29, 1.82) is 0 Å². The van der Waals surface area contributed by atoms with Gasteiger partial charge in [-0.05, 0) is 24.3 Å². The zero-order valence-corrected chi connectivity index (χ0v) is 19.7. The molecule has 1 aliphatic heterocycles. The number of anilines is 1. The van der Waals surface area contributed by atoms with Crippen LogP contribution in [0.3, 0.4) is 0 Å². The van der Waals surface area contributed by atoms with E-state index in [0.29, 0.717) is 28.3 Å². The Morgan fingerprint density at radius 3 is 2.53 bits per heavy atom. The second-order valence-corrected chi connectivity index (χ2v) is 8.33. The molecule has 0 amide bonds. The van der Waals surface area contributed by atoms with Crippen LogP contribution in [0.2, 0.25) is 0 Å². The van der Waals surface area contributed by atoms with E-state index in [0.717, 1.165) is 28.4 Å². The van der Waals surface area contributed by atoms with Crippen LogP contribution in [0, 0.1) is 0 Å². The second kappa shape index (κ2) is 8.79. The Hall–Kier alpha value is -4.76. The van der Waals surface area contributed by atoms with E-state index in [2.05, 4.69) is 15.0 Å². The van der Waals surface area contributed by atoms with Gasteiger partial charge in [0.15, 0.2) is 11.6 Å². The number of benzene rings is 2. The summed E-state index contributed by atoms with van der Waals surface area (Å²) in [6.07, 6.45) is 6.55. The summed E-state index contributed by atoms with van der Waals surface area (Å²) in [6, 6.07) is 19.3. The first-order chi connectivity index (χ1) is 17.6. The molecule has 0 fully saturated rings. The SMILES string of the molecule is COc1cnc2c(Oc3ccc(N4N=C(c5nccn5C)c5ccccc5C4N)cc3)ccnc2c1. The summed E-state index contributed by atoms with van der Waals surface area (Å²) >= 11 is 0. The minimum absolute atomic E-state index is 0.444. The Bertz CT molecular complexity index is 1590. The van der Waals surface area contributed by atoms with Crippen LogP contribution in [0.1, 0.15) is 23.1 Å². The molecular formula is C27H23N7O2. The van der Waals surface area contributed by atoms with E-state index in [4.69, 9.17) is 20.3 Å². The van der Waals surface area contributed by atoms with Gasteiger partial charge in [0.05, 0.1) is 24.5 Å². The molecule has 9 nitrogen and oxygen atoms in total. The van der Waals surface area contributed by atoms with Gasteiger partial charge in [0, 0.05) is 48.9 Å². The van der Waals surface area contributed by atoms with Crippen molar-refractivity contribution < 1.29 is 9.47 Å². The molecule has 0 aliphatic carbocycles. The first-order valence-electron chi connectivity index (χ1n) is 11.4. The first-order valence-corrected chi connectivity index (χ1v) is 11.4. The predicted octanol–water partition coefficient (Wildman–Crippen LogP) is 4.39. The number of nitrogens with zero attached hydrogens (tertiary/aromatic N) is 6. The number of rotatable bonds is 5. The second-order valence-electron chi connectivity index (χ2n) is 8.33. The van der Waals surface area contributed by atoms with E-state index < -0.39 is 6.17 Å². The number of pyridine rings is 2. The van der Waals surface area contributed by atoms with E-state index in [1.54, 1.807) is 31.8 Å². The number of fused-ring (bicyclic) bond motifs is 2. The topological polar surface area (TPSA) is 104 Å². The molecule has 0 bridgehead atoms. The number of aryl methyl sites for hydroxylation is 1.